The van der Waals surface area contributed by atoms with Gasteiger partial charge in [0.1, 0.15) is 0 Å². The normalized spacial score (nSPS) is 18.6. The van der Waals surface area contributed by atoms with Gasteiger partial charge in [-0.15, -0.1) is 0 Å². The van der Waals surface area contributed by atoms with Crippen molar-refractivity contribution in [3.8, 4) is 0 Å². The number of hydrogen-bond acceptors (Lipinski definition) is 2. The van der Waals surface area contributed by atoms with E-state index in [1.165, 1.54) is 11.3 Å². The van der Waals surface area contributed by atoms with Crippen LogP contribution in [-0.4, -0.2) is 15.3 Å². The van der Waals surface area contributed by atoms with Crippen LogP contribution in [0.25, 0.3) is 0 Å². The Hall–Kier alpha value is -1.90. The van der Waals surface area contributed by atoms with E-state index in [1.807, 2.05) is 24.5 Å². The van der Waals surface area contributed by atoms with Gasteiger partial charge in [0.15, 0.2) is 5.78 Å². The molecular weight excluding hydrogens is 248 g/mol. The minimum Gasteiger partial charge on any atom is -0.344 e. The van der Waals surface area contributed by atoms with Gasteiger partial charge in [-0.3, -0.25) is 9.78 Å². The van der Waals surface area contributed by atoms with E-state index in [0.717, 1.165) is 12.0 Å². The number of pyridine rings is 1. The van der Waals surface area contributed by atoms with Crippen LogP contribution in [0.15, 0.2) is 36.8 Å². The molecule has 2 aromatic rings. The zero-order valence-corrected chi connectivity index (χ0v) is 12.3. The van der Waals surface area contributed by atoms with Gasteiger partial charge in [0.2, 0.25) is 0 Å². The smallest absolute Gasteiger partial charge is 0.165 e. The van der Waals surface area contributed by atoms with Crippen LogP contribution in [0.4, 0.5) is 0 Å². The van der Waals surface area contributed by atoms with Crippen molar-refractivity contribution >= 4 is 5.78 Å². The maximum Gasteiger partial charge on any atom is 0.165 e. The molecule has 20 heavy (non-hydrogen) atoms. The van der Waals surface area contributed by atoms with Crippen LogP contribution in [0.1, 0.15) is 54.8 Å². The predicted molar refractivity (Wildman–Crippen MR) is 78.9 cm³/mol. The number of nitrogens with zero attached hydrogens (tertiary/aromatic N) is 2. The summed E-state index contributed by atoms with van der Waals surface area (Å²) in [5, 5.41) is 0. The maximum absolute atomic E-state index is 12.2. The van der Waals surface area contributed by atoms with E-state index in [1.54, 1.807) is 6.20 Å². The Morgan fingerprint density at radius 3 is 2.80 bits per heavy atom. The minimum absolute atomic E-state index is 0.0504. The molecule has 0 aliphatic heterocycles. The molecule has 2 aromatic heterocycles. The molecule has 0 radical (unpaired) electrons. The average molecular weight is 268 g/mol. The SMILES string of the molecule is CC(c1cccnc1)n1ccc2c1CC(C)(C)CC2=O. The number of ketones is 1. The molecule has 1 unspecified atom stereocenters. The number of fused-ring (bicyclic) bond motifs is 1. The second-order valence-corrected chi connectivity index (χ2v) is 6.49. The van der Waals surface area contributed by atoms with Gasteiger partial charge in [-0.05, 0) is 36.5 Å². The molecule has 1 aliphatic rings. The van der Waals surface area contributed by atoms with Crippen LogP contribution in [0.3, 0.4) is 0 Å². The molecule has 0 saturated heterocycles. The zero-order chi connectivity index (χ0) is 14.3. The predicted octanol–water partition coefficient (Wildman–Crippen LogP) is 3.65. The number of rotatable bonds is 2. The van der Waals surface area contributed by atoms with Gasteiger partial charge in [0, 0.05) is 36.3 Å². The molecule has 0 bridgehead atoms. The van der Waals surface area contributed by atoms with Crippen LogP contribution in [0.2, 0.25) is 0 Å². The third kappa shape index (κ3) is 2.17. The highest BCUT2D eigenvalue weighted by atomic mass is 16.1. The Kier molecular flexibility index (Phi) is 3.00. The minimum atomic E-state index is 0.0504. The van der Waals surface area contributed by atoms with Gasteiger partial charge >= 0.3 is 0 Å². The second-order valence-electron chi connectivity index (χ2n) is 6.49. The van der Waals surface area contributed by atoms with Gasteiger partial charge in [-0.1, -0.05) is 19.9 Å². The van der Waals surface area contributed by atoms with Crippen LogP contribution >= 0.6 is 0 Å². The first kappa shape index (κ1) is 13.1. The summed E-state index contributed by atoms with van der Waals surface area (Å²) in [7, 11) is 0. The molecule has 1 atom stereocenters. The first-order chi connectivity index (χ1) is 9.48. The van der Waals surface area contributed by atoms with Crippen molar-refractivity contribution in [2.75, 3.05) is 0 Å². The van der Waals surface area contributed by atoms with Crippen molar-refractivity contribution in [3.63, 3.8) is 0 Å². The Labute approximate surface area is 119 Å². The van der Waals surface area contributed by atoms with E-state index in [-0.39, 0.29) is 17.2 Å². The molecule has 3 rings (SSSR count). The van der Waals surface area contributed by atoms with Gasteiger partial charge in [-0.2, -0.15) is 0 Å². The lowest BCUT2D eigenvalue weighted by atomic mass is 9.76. The molecule has 1 aliphatic carbocycles. The molecule has 2 heterocycles. The fourth-order valence-corrected chi connectivity index (χ4v) is 3.11. The topological polar surface area (TPSA) is 34.9 Å². The summed E-state index contributed by atoms with van der Waals surface area (Å²) in [5.41, 5.74) is 3.29. The standard InChI is InChI=1S/C17H20N2O/c1-12(13-5-4-7-18-11-13)19-8-6-14-15(19)9-17(2,3)10-16(14)20/h4-8,11-12H,9-10H2,1-3H3. The zero-order valence-electron chi connectivity index (χ0n) is 12.3. The maximum atomic E-state index is 12.2. The Morgan fingerprint density at radius 2 is 2.10 bits per heavy atom. The van der Waals surface area contributed by atoms with E-state index >= 15 is 0 Å². The van der Waals surface area contributed by atoms with Crippen molar-refractivity contribution in [1.29, 1.82) is 0 Å². The van der Waals surface area contributed by atoms with Crippen LogP contribution < -0.4 is 0 Å². The van der Waals surface area contributed by atoms with Gasteiger partial charge in [-0.25, -0.2) is 0 Å². The Balaban J connectivity index is 2.03. The number of carbonyl (C=O) groups excluding carboxylic acids is 1. The number of Topliss-reactive ketones (excluding diaryl/α,β-unsaturated/α-hetero) is 1. The van der Waals surface area contributed by atoms with E-state index in [4.69, 9.17) is 0 Å². The summed E-state index contributed by atoms with van der Waals surface area (Å²) in [6, 6.07) is 6.21. The molecule has 0 spiro atoms. The molecule has 3 heteroatoms. The second kappa shape index (κ2) is 4.58. The molecule has 0 N–H and O–H groups in total. The molecule has 0 fully saturated rings. The van der Waals surface area contributed by atoms with Crippen molar-refractivity contribution in [1.82, 2.24) is 9.55 Å². The van der Waals surface area contributed by atoms with Crippen LogP contribution in [0.5, 0.6) is 0 Å². The Morgan fingerprint density at radius 1 is 1.30 bits per heavy atom. The summed E-state index contributed by atoms with van der Waals surface area (Å²) in [4.78, 5) is 16.4. The van der Waals surface area contributed by atoms with Crippen molar-refractivity contribution in [2.45, 2.75) is 39.7 Å². The van der Waals surface area contributed by atoms with Crippen molar-refractivity contribution in [2.24, 2.45) is 5.41 Å². The fraction of sp³-hybridized carbons (Fsp3) is 0.412. The Bertz CT molecular complexity index is 640. The van der Waals surface area contributed by atoms with Crippen molar-refractivity contribution in [3.05, 3.63) is 53.6 Å². The lowest BCUT2D eigenvalue weighted by molar-refractivity contribution is 0.0909. The third-order valence-corrected chi connectivity index (χ3v) is 4.19. The number of aromatic nitrogens is 2. The first-order valence-corrected chi connectivity index (χ1v) is 7.11. The van der Waals surface area contributed by atoms with E-state index < -0.39 is 0 Å². The lowest BCUT2D eigenvalue weighted by Crippen LogP contribution is -2.28. The van der Waals surface area contributed by atoms with Crippen LogP contribution in [-0.2, 0) is 6.42 Å². The summed E-state index contributed by atoms with van der Waals surface area (Å²) in [6.45, 7) is 6.49. The van der Waals surface area contributed by atoms with Gasteiger partial charge in [0.25, 0.3) is 0 Å². The summed E-state index contributed by atoms with van der Waals surface area (Å²) in [5.74, 6) is 0.272. The molecule has 0 saturated carbocycles. The molecule has 0 aromatic carbocycles. The van der Waals surface area contributed by atoms with Gasteiger partial charge < -0.3 is 4.57 Å². The highest BCUT2D eigenvalue weighted by Gasteiger charge is 2.33. The third-order valence-electron chi connectivity index (χ3n) is 4.19. The molecule has 104 valence electrons. The molecule has 3 nitrogen and oxygen atoms in total. The summed E-state index contributed by atoms with van der Waals surface area (Å²) in [6.07, 6.45) is 7.32. The van der Waals surface area contributed by atoms with E-state index in [2.05, 4.69) is 36.4 Å². The lowest BCUT2D eigenvalue weighted by Gasteiger charge is -2.31. The highest BCUT2D eigenvalue weighted by molar-refractivity contribution is 5.98. The summed E-state index contributed by atoms with van der Waals surface area (Å²) < 4.78 is 2.23. The fourth-order valence-electron chi connectivity index (χ4n) is 3.11. The van der Waals surface area contributed by atoms with E-state index in [0.29, 0.717) is 6.42 Å². The quantitative estimate of drug-likeness (QED) is 0.833. The number of carbonyl (C=O) groups is 1. The largest absolute Gasteiger partial charge is 0.344 e. The summed E-state index contributed by atoms with van der Waals surface area (Å²) >= 11 is 0. The highest BCUT2D eigenvalue weighted by Crippen LogP contribution is 2.36. The first-order valence-electron chi connectivity index (χ1n) is 7.11. The average Bonchev–Trinajstić information content (AvgIpc) is 2.81. The molecular formula is C17H20N2O. The van der Waals surface area contributed by atoms with E-state index in [9.17, 15) is 4.79 Å². The molecule has 0 amide bonds. The van der Waals surface area contributed by atoms with Crippen molar-refractivity contribution < 1.29 is 4.79 Å². The van der Waals surface area contributed by atoms with Crippen LogP contribution in [0, 0.1) is 5.41 Å². The number of hydrogen-bond donors (Lipinski definition) is 0. The van der Waals surface area contributed by atoms with Gasteiger partial charge in [0.05, 0.1) is 6.04 Å². The monoisotopic (exact) mass is 268 g/mol.